The van der Waals surface area contributed by atoms with Gasteiger partial charge in [-0.1, -0.05) is 23.9 Å². The van der Waals surface area contributed by atoms with E-state index in [0.29, 0.717) is 5.69 Å². The molecule has 1 fully saturated rings. The summed E-state index contributed by atoms with van der Waals surface area (Å²) in [6.07, 6.45) is -4.13. The first-order valence-corrected chi connectivity index (χ1v) is 6.64. The zero-order chi connectivity index (χ0) is 13.6. The van der Waals surface area contributed by atoms with Gasteiger partial charge in [-0.2, -0.15) is 0 Å². The van der Waals surface area contributed by atoms with Crippen molar-refractivity contribution < 1.29 is 24.9 Å². The van der Waals surface area contributed by atoms with E-state index in [1.165, 1.54) is 0 Å². The van der Waals surface area contributed by atoms with Crippen molar-refractivity contribution in [2.24, 2.45) is 0 Å². The first-order valence-electron chi connectivity index (χ1n) is 5.82. The van der Waals surface area contributed by atoms with Gasteiger partial charge in [-0.05, 0) is 12.1 Å². The van der Waals surface area contributed by atoms with E-state index in [4.69, 9.17) is 4.74 Å². The Kier molecular flexibility index (Phi) is 3.03. The standard InChI is InChI=1S/C12H13NO5S/c14-7-5-18-12(10(16)9(7)15)11(17)13-6-3-1-2-4-8(6)19-12/h1-4,7,9-10,14-16H,5H2,(H,13,17)/t7-,9-,10+,12+/m1/s1. The van der Waals surface area contributed by atoms with E-state index >= 15 is 0 Å². The molecule has 0 saturated carbocycles. The number of anilines is 1. The fraction of sp³-hybridized carbons (Fsp3) is 0.417. The van der Waals surface area contributed by atoms with Crippen molar-refractivity contribution in [3.63, 3.8) is 0 Å². The van der Waals surface area contributed by atoms with Gasteiger partial charge in [0.2, 0.25) is 4.93 Å². The second kappa shape index (κ2) is 4.46. The molecule has 1 aromatic rings. The van der Waals surface area contributed by atoms with E-state index in [0.717, 1.165) is 16.7 Å². The lowest BCUT2D eigenvalue weighted by Gasteiger charge is -2.45. The molecule has 0 bridgehead atoms. The quantitative estimate of drug-likeness (QED) is 0.514. The molecule has 7 heteroatoms. The molecule has 1 spiro atoms. The number of benzene rings is 1. The highest BCUT2D eigenvalue weighted by molar-refractivity contribution is 8.01. The number of para-hydroxylation sites is 1. The number of rotatable bonds is 0. The minimum atomic E-state index is -1.62. The summed E-state index contributed by atoms with van der Waals surface area (Å²) in [7, 11) is 0. The summed E-state index contributed by atoms with van der Waals surface area (Å²) < 4.78 is 5.36. The molecule has 0 aliphatic carbocycles. The number of aliphatic hydroxyl groups is 3. The lowest BCUT2D eigenvalue weighted by Crippen LogP contribution is -2.64. The van der Waals surface area contributed by atoms with Gasteiger partial charge in [0.15, 0.2) is 0 Å². The van der Waals surface area contributed by atoms with E-state index in [1.807, 2.05) is 0 Å². The van der Waals surface area contributed by atoms with Crippen molar-refractivity contribution in [2.75, 3.05) is 11.9 Å². The average molecular weight is 283 g/mol. The summed E-state index contributed by atoms with van der Waals surface area (Å²) in [6.45, 7) is -0.208. The van der Waals surface area contributed by atoms with Gasteiger partial charge >= 0.3 is 0 Å². The predicted molar refractivity (Wildman–Crippen MR) is 67.6 cm³/mol. The molecule has 0 unspecified atom stereocenters. The Morgan fingerprint density at radius 2 is 2.05 bits per heavy atom. The van der Waals surface area contributed by atoms with Crippen LogP contribution in [-0.4, -0.2) is 51.1 Å². The SMILES string of the molecule is O=C1Nc2ccccc2S[C@]12OC[C@@H](O)[C@@H](O)[C@@H]2O. The van der Waals surface area contributed by atoms with Crippen molar-refractivity contribution in [1.29, 1.82) is 0 Å². The van der Waals surface area contributed by atoms with Crippen molar-refractivity contribution >= 4 is 23.4 Å². The fourth-order valence-corrected chi connectivity index (χ4v) is 3.43. The third-order valence-corrected chi connectivity index (χ3v) is 4.71. The number of fused-ring (bicyclic) bond motifs is 1. The van der Waals surface area contributed by atoms with Gasteiger partial charge in [0.05, 0.1) is 12.3 Å². The molecule has 6 nitrogen and oxygen atoms in total. The third kappa shape index (κ3) is 1.86. The predicted octanol–water partition coefficient (Wildman–Crippen LogP) is -0.460. The molecule has 2 aliphatic rings. The van der Waals surface area contributed by atoms with E-state index in [-0.39, 0.29) is 6.61 Å². The van der Waals surface area contributed by atoms with Gasteiger partial charge in [0.1, 0.15) is 18.3 Å². The summed E-state index contributed by atoms with van der Waals surface area (Å²) in [4.78, 5) is 11.3. The van der Waals surface area contributed by atoms with Crippen LogP contribution in [0.25, 0.3) is 0 Å². The highest BCUT2D eigenvalue weighted by atomic mass is 32.2. The van der Waals surface area contributed by atoms with Gasteiger partial charge in [-0.15, -0.1) is 0 Å². The Morgan fingerprint density at radius 1 is 1.32 bits per heavy atom. The summed E-state index contributed by atoms with van der Waals surface area (Å²) in [5, 5.41) is 32.0. The topological polar surface area (TPSA) is 99.0 Å². The van der Waals surface area contributed by atoms with Crippen LogP contribution in [0.15, 0.2) is 29.2 Å². The molecule has 4 N–H and O–H groups in total. The van der Waals surface area contributed by atoms with Crippen LogP contribution in [0.4, 0.5) is 5.69 Å². The molecule has 19 heavy (non-hydrogen) atoms. The number of hydrogen-bond acceptors (Lipinski definition) is 6. The molecule has 0 radical (unpaired) electrons. The van der Waals surface area contributed by atoms with Gasteiger partial charge < -0.3 is 25.4 Å². The Labute approximate surface area is 113 Å². The summed E-state index contributed by atoms with van der Waals surface area (Å²) in [6, 6.07) is 7.12. The summed E-state index contributed by atoms with van der Waals surface area (Å²) in [5.41, 5.74) is 0.638. The van der Waals surface area contributed by atoms with Crippen molar-refractivity contribution in [1.82, 2.24) is 0 Å². The van der Waals surface area contributed by atoms with Crippen molar-refractivity contribution in [2.45, 2.75) is 28.1 Å². The second-order valence-electron chi connectivity index (χ2n) is 4.53. The smallest absolute Gasteiger partial charge is 0.270 e. The number of thioether (sulfide) groups is 1. The summed E-state index contributed by atoms with van der Waals surface area (Å²) in [5.74, 6) is -0.533. The molecular weight excluding hydrogens is 270 g/mol. The molecule has 3 rings (SSSR count). The van der Waals surface area contributed by atoms with Crippen LogP contribution in [0.5, 0.6) is 0 Å². The number of carbonyl (C=O) groups is 1. The number of hydrogen-bond donors (Lipinski definition) is 4. The van der Waals surface area contributed by atoms with Gasteiger partial charge in [-0.3, -0.25) is 4.79 Å². The number of carbonyl (C=O) groups excluding carboxylic acids is 1. The summed E-state index contributed by atoms with van der Waals surface area (Å²) >= 11 is 1.05. The van der Waals surface area contributed by atoms with E-state index in [1.54, 1.807) is 24.3 Å². The van der Waals surface area contributed by atoms with Crippen LogP contribution in [0, 0.1) is 0 Å². The lowest BCUT2D eigenvalue weighted by atomic mass is 9.98. The Balaban J connectivity index is 1.99. The first-order chi connectivity index (χ1) is 9.04. The Morgan fingerprint density at radius 3 is 2.84 bits per heavy atom. The maximum Gasteiger partial charge on any atom is 0.270 e. The fourth-order valence-electron chi connectivity index (χ4n) is 2.20. The van der Waals surface area contributed by atoms with Crippen molar-refractivity contribution in [3.05, 3.63) is 24.3 Å². The van der Waals surface area contributed by atoms with Gasteiger partial charge in [-0.25, -0.2) is 0 Å². The lowest BCUT2D eigenvalue weighted by molar-refractivity contribution is -0.200. The zero-order valence-electron chi connectivity index (χ0n) is 9.81. The molecule has 102 valence electrons. The maximum absolute atomic E-state index is 12.2. The van der Waals surface area contributed by atoms with Crippen LogP contribution >= 0.6 is 11.8 Å². The van der Waals surface area contributed by atoms with Gasteiger partial charge in [0, 0.05) is 4.90 Å². The number of amides is 1. The average Bonchev–Trinajstić information content (AvgIpc) is 2.41. The van der Waals surface area contributed by atoms with Gasteiger partial charge in [0.25, 0.3) is 5.91 Å². The van der Waals surface area contributed by atoms with E-state index < -0.39 is 29.2 Å². The largest absolute Gasteiger partial charge is 0.388 e. The monoisotopic (exact) mass is 283 g/mol. The van der Waals surface area contributed by atoms with Crippen LogP contribution in [-0.2, 0) is 9.53 Å². The normalized spacial score (nSPS) is 37.8. The van der Waals surface area contributed by atoms with E-state index in [2.05, 4.69) is 5.32 Å². The van der Waals surface area contributed by atoms with Crippen molar-refractivity contribution in [3.8, 4) is 0 Å². The highest BCUT2D eigenvalue weighted by Crippen LogP contribution is 2.47. The molecule has 2 aliphatic heterocycles. The molecule has 1 saturated heterocycles. The highest BCUT2D eigenvalue weighted by Gasteiger charge is 2.57. The minimum Gasteiger partial charge on any atom is -0.388 e. The zero-order valence-corrected chi connectivity index (χ0v) is 10.6. The third-order valence-electron chi connectivity index (χ3n) is 3.29. The molecule has 1 aromatic carbocycles. The molecule has 1 amide bonds. The number of aliphatic hydroxyl groups excluding tert-OH is 3. The Bertz CT molecular complexity index is 525. The minimum absolute atomic E-state index is 0.208. The Hall–Kier alpha value is -1.12. The van der Waals surface area contributed by atoms with E-state index in [9.17, 15) is 20.1 Å². The first kappa shape index (κ1) is 12.9. The number of ether oxygens (including phenoxy) is 1. The van der Waals surface area contributed by atoms with Crippen LogP contribution in [0.1, 0.15) is 0 Å². The number of nitrogens with one attached hydrogen (secondary N) is 1. The molecular formula is C12H13NO5S. The second-order valence-corrected chi connectivity index (χ2v) is 5.78. The molecule has 0 aromatic heterocycles. The van der Waals surface area contributed by atoms with Crippen LogP contribution in [0.3, 0.4) is 0 Å². The van der Waals surface area contributed by atoms with Crippen LogP contribution < -0.4 is 5.32 Å². The maximum atomic E-state index is 12.2. The van der Waals surface area contributed by atoms with Crippen LogP contribution in [0.2, 0.25) is 0 Å². The molecule has 4 atom stereocenters. The molecule has 2 heterocycles.